The van der Waals surface area contributed by atoms with Gasteiger partial charge in [-0.15, -0.1) is 11.8 Å². The molecule has 1 fully saturated rings. The molecule has 1 aromatic heterocycles. The number of pyridine rings is 1. The Kier molecular flexibility index (Phi) is 5.28. The largest absolute Gasteiger partial charge is 0.311 e. The molecule has 0 saturated carbocycles. The first-order valence-corrected chi connectivity index (χ1v) is 13.1. The Hall–Kier alpha value is -2.35. The summed E-state index contributed by atoms with van der Waals surface area (Å²) >= 11 is 1.69. The first-order valence-electron chi connectivity index (χ1n) is 10.4. The van der Waals surface area contributed by atoms with Gasteiger partial charge >= 0.3 is 0 Å². The Morgan fingerprint density at radius 1 is 0.903 bits per heavy atom. The number of rotatable bonds is 4. The number of fused-ring (bicyclic) bond motifs is 4. The van der Waals surface area contributed by atoms with Gasteiger partial charge in [0, 0.05) is 47.8 Å². The molecule has 0 N–H and O–H groups in total. The van der Waals surface area contributed by atoms with Crippen LogP contribution < -0.4 is 5.56 Å². The van der Waals surface area contributed by atoms with E-state index in [2.05, 4.69) is 24.3 Å². The van der Waals surface area contributed by atoms with Gasteiger partial charge in [0.1, 0.15) is 0 Å². The zero-order chi connectivity index (χ0) is 21.6. The predicted octanol–water partition coefficient (Wildman–Crippen LogP) is 4.05. The van der Waals surface area contributed by atoms with Crippen molar-refractivity contribution in [2.45, 2.75) is 28.7 Å². The maximum Gasteiger partial charge on any atom is 0.250 e. The zero-order valence-electron chi connectivity index (χ0n) is 17.3. The van der Waals surface area contributed by atoms with Gasteiger partial charge in [0.25, 0.3) is 5.56 Å². The fraction of sp³-hybridized carbons (Fsp3) is 0.292. The minimum atomic E-state index is -3.56. The second-order valence-corrected chi connectivity index (χ2v) is 11.1. The fourth-order valence-corrected chi connectivity index (χ4v) is 6.91. The highest BCUT2D eigenvalue weighted by atomic mass is 32.2. The van der Waals surface area contributed by atoms with Crippen molar-refractivity contribution < 1.29 is 8.42 Å². The normalized spacial score (nSPS) is 20.9. The molecule has 2 aliphatic heterocycles. The predicted molar refractivity (Wildman–Crippen MR) is 124 cm³/mol. The van der Waals surface area contributed by atoms with Gasteiger partial charge in [0.15, 0.2) is 0 Å². The molecule has 2 atom stereocenters. The molecule has 5 nitrogen and oxygen atoms in total. The topological polar surface area (TPSA) is 59.4 Å². The Morgan fingerprint density at radius 3 is 2.35 bits per heavy atom. The third-order valence-electron chi connectivity index (χ3n) is 6.34. The summed E-state index contributed by atoms with van der Waals surface area (Å²) in [5, 5.41) is 0. The molecule has 0 radical (unpaired) electrons. The molecule has 0 aliphatic carbocycles. The molecule has 31 heavy (non-hydrogen) atoms. The van der Waals surface area contributed by atoms with Crippen molar-refractivity contribution in [1.82, 2.24) is 8.87 Å². The van der Waals surface area contributed by atoms with Crippen molar-refractivity contribution in [1.29, 1.82) is 0 Å². The number of hydrogen-bond donors (Lipinski definition) is 0. The van der Waals surface area contributed by atoms with Crippen LogP contribution in [-0.2, 0) is 16.6 Å². The summed E-state index contributed by atoms with van der Waals surface area (Å²) in [7, 11) is -3.56. The number of piperidine rings is 1. The minimum absolute atomic E-state index is 0.00452. The van der Waals surface area contributed by atoms with Crippen molar-refractivity contribution in [3.8, 4) is 11.1 Å². The maximum absolute atomic E-state index is 13.3. The lowest BCUT2D eigenvalue weighted by Crippen LogP contribution is -2.49. The first kappa shape index (κ1) is 20.5. The van der Waals surface area contributed by atoms with Crippen LogP contribution in [0.4, 0.5) is 0 Å². The van der Waals surface area contributed by atoms with Gasteiger partial charge in [-0.1, -0.05) is 30.3 Å². The van der Waals surface area contributed by atoms with E-state index >= 15 is 0 Å². The summed E-state index contributed by atoms with van der Waals surface area (Å²) < 4.78 is 30.0. The van der Waals surface area contributed by atoms with Crippen LogP contribution >= 0.6 is 11.8 Å². The molecular weight excluding hydrogens is 428 g/mol. The van der Waals surface area contributed by atoms with Crippen molar-refractivity contribution in [3.05, 3.63) is 82.8 Å². The Labute approximate surface area is 186 Å². The molecule has 0 spiro atoms. The average molecular weight is 453 g/mol. The SMILES string of the molecule is CSc1ccc(-c2ccc(=O)n3c2C2CC(CN(S(=O)(=O)c4ccccc4)C2)C3)cc1. The summed E-state index contributed by atoms with van der Waals surface area (Å²) in [6, 6.07) is 20.5. The molecule has 160 valence electrons. The molecule has 2 aliphatic rings. The Bertz CT molecular complexity index is 1270. The Morgan fingerprint density at radius 2 is 1.65 bits per heavy atom. The monoisotopic (exact) mass is 452 g/mol. The molecular formula is C24H24N2O3S2. The van der Waals surface area contributed by atoms with Gasteiger partial charge in [0.05, 0.1) is 4.90 Å². The van der Waals surface area contributed by atoms with E-state index in [0.29, 0.717) is 24.5 Å². The molecule has 3 aromatic rings. The quantitative estimate of drug-likeness (QED) is 0.561. The van der Waals surface area contributed by atoms with E-state index in [0.717, 1.165) is 23.2 Å². The lowest BCUT2D eigenvalue weighted by molar-refractivity contribution is 0.187. The number of benzene rings is 2. The number of hydrogen-bond acceptors (Lipinski definition) is 4. The van der Waals surface area contributed by atoms with E-state index in [4.69, 9.17) is 0 Å². The van der Waals surface area contributed by atoms with E-state index in [-0.39, 0.29) is 17.4 Å². The van der Waals surface area contributed by atoms with E-state index in [9.17, 15) is 13.2 Å². The molecule has 2 aromatic carbocycles. The lowest BCUT2D eigenvalue weighted by atomic mass is 9.81. The minimum Gasteiger partial charge on any atom is -0.311 e. The fourth-order valence-electron chi connectivity index (χ4n) is 4.92. The van der Waals surface area contributed by atoms with Crippen LogP contribution in [0, 0.1) is 5.92 Å². The second-order valence-electron chi connectivity index (χ2n) is 8.24. The van der Waals surface area contributed by atoms with Crippen LogP contribution in [0.3, 0.4) is 0 Å². The van der Waals surface area contributed by atoms with Crippen molar-refractivity contribution in [3.63, 3.8) is 0 Å². The van der Waals surface area contributed by atoms with Crippen LogP contribution in [0.15, 0.2) is 81.3 Å². The van der Waals surface area contributed by atoms with Crippen LogP contribution in [0.5, 0.6) is 0 Å². The average Bonchev–Trinajstić information content (AvgIpc) is 2.80. The van der Waals surface area contributed by atoms with E-state index in [1.54, 1.807) is 46.4 Å². The number of nitrogens with zero attached hydrogens (tertiary/aromatic N) is 2. The highest BCUT2D eigenvalue weighted by Crippen LogP contribution is 2.41. The summed E-state index contributed by atoms with van der Waals surface area (Å²) in [4.78, 5) is 14.2. The second kappa shape index (κ2) is 7.97. The van der Waals surface area contributed by atoms with Crippen molar-refractivity contribution >= 4 is 21.8 Å². The van der Waals surface area contributed by atoms with Crippen LogP contribution in [0.1, 0.15) is 18.0 Å². The van der Waals surface area contributed by atoms with Crippen LogP contribution in [0.2, 0.25) is 0 Å². The van der Waals surface area contributed by atoms with Gasteiger partial charge in [0.2, 0.25) is 10.0 Å². The molecule has 7 heteroatoms. The molecule has 1 saturated heterocycles. The highest BCUT2D eigenvalue weighted by molar-refractivity contribution is 7.98. The van der Waals surface area contributed by atoms with Gasteiger partial charge in [-0.25, -0.2) is 8.42 Å². The summed E-state index contributed by atoms with van der Waals surface area (Å²) in [5.41, 5.74) is 3.04. The molecule has 3 heterocycles. The maximum atomic E-state index is 13.3. The first-order chi connectivity index (χ1) is 15.0. The summed E-state index contributed by atoms with van der Waals surface area (Å²) in [5.74, 6) is 0.131. The zero-order valence-corrected chi connectivity index (χ0v) is 18.9. The van der Waals surface area contributed by atoms with Crippen molar-refractivity contribution in [2.75, 3.05) is 19.3 Å². The van der Waals surface area contributed by atoms with E-state index in [1.807, 2.05) is 23.0 Å². The molecule has 2 unspecified atom stereocenters. The van der Waals surface area contributed by atoms with Gasteiger partial charge in [-0.2, -0.15) is 4.31 Å². The third kappa shape index (κ3) is 3.64. The molecule has 2 bridgehead atoms. The van der Waals surface area contributed by atoms with Gasteiger partial charge in [-0.05, 0) is 54.5 Å². The van der Waals surface area contributed by atoms with E-state index in [1.165, 1.54) is 4.90 Å². The van der Waals surface area contributed by atoms with Crippen LogP contribution in [0.25, 0.3) is 11.1 Å². The number of aromatic nitrogens is 1. The smallest absolute Gasteiger partial charge is 0.250 e. The third-order valence-corrected chi connectivity index (χ3v) is 8.93. The number of thioether (sulfide) groups is 1. The standard InChI is InChI=1S/C24H24N2O3S2/c1-30-20-9-7-18(8-10-20)22-11-12-23(27)26-15-17-13-19(24(22)26)16-25(14-17)31(28,29)21-5-3-2-4-6-21/h2-12,17,19H,13-16H2,1H3. The highest BCUT2D eigenvalue weighted by Gasteiger charge is 2.40. The molecule has 5 rings (SSSR count). The van der Waals surface area contributed by atoms with Crippen molar-refractivity contribution in [2.24, 2.45) is 5.92 Å². The Balaban J connectivity index is 1.56. The number of sulfonamides is 1. The van der Waals surface area contributed by atoms with Gasteiger partial charge < -0.3 is 4.57 Å². The van der Waals surface area contributed by atoms with Crippen LogP contribution in [-0.4, -0.2) is 36.6 Å². The summed E-state index contributed by atoms with van der Waals surface area (Å²) in [6.45, 7) is 1.40. The van der Waals surface area contributed by atoms with Gasteiger partial charge in [-0.3, -0.25) is 4.79 Å². The lowest BCUT2D eigenvalue weighted by Gasteiger charge is -2.42. The summed E-state index contributed by atoms with van der Waals surface area (Å²) in [6.07, 6.45) is 2.95. The van der Waals surface area contributed by atoms with E-state index < -0.39 is 10.0 Å². The molecule has 0 amide bonds.